The second-order valence-electron chi connectivity index (χ2n) is 4.07. The van der Waals surface area contributed by atoms with Crippen molar-refractivity contribution in [1.29, 1.82) is 0 Å². The van der Waals surface area contributed by atoms with E-state index in [4.69, 9.17) is 11.6 Å². The van der Waals surface area contributed by atoms with Crippen molar-refractivity contribution in [2.45, 2.75) is 6.54 Å². The molecule has 0 amide bonds. The summed E-state index contributed by atoms with van der Waals surface area (Å²) in [6.45, 7) is 0.487. The Morgan fingerprint density at radius 3 is 2.74 bits per heavy atom. The van der Waals surface area contributed by atoms with Crippen molar-refractivity contribution in [2.24, 2.45) is 7.05 Å². The van der Waals surface area contributed by atoms with Crippen LogP contribution in [-0.4, -0.2) is 25.0 Å². The zero-order chi connectivity index (χ0) is 13.2. The lowest BCUT2D eigenvalue weighted by Crippen LogP contribution is -2.05. The lowest BCUT2D eigenvalue weighted by Gasteiger charge is -2.06. The fourth-order valence-corrected chi connectivity index (χ4v) is 2.03. The lowest BCUT2D eigenvalue weighted by atomic mass is 10.2. The number of anilines is 1. The van der Waals surface area contributed by atoms with Gasteiger partial charge in [-0.1, -0.05) is 35.9 Å². The molecule has 0 unspecified atom stereocenters. The van der Waals surface area contributed by atoms with Gasteiger partial charge in [-0.2, -0.15) is 5.10 Å². The van der Waals surface area contributed by atoms with Crippen LogP contribution in [0, 0.1) is 0 Å². The van der Waals surface area contributed by atoms with Gasteiger partial charge in [-0.3, -0.25) is 4.68 Å². The van der Waals surface area contributed by atoms with Crippen LogP contribution in [0.2, 0.25) is 5.15 Å². The maximum atomic E-state index is 6.02. The molecule has 0 atom stereocenters. The fraction of sp³-hybridized carbons (Fsp3) is 0.167. The van der Waals surface area contributed by atoms with Crippen LogP contribution in [0.4, 0.5) is 5.82 Å². The molecule has 0 aliphatic heterocycles. The number of nitrogens with zero attached hydrogens (tertiary/aromatic N) is 5. The van der Waals surface area contributed by atoms with Crippen LogP contribution in [0.1, 0.15) is 5.82 Å². The standard InChI is InChI=1S/C12H11ClN6/c1-19-7-15-10(18-19)6-14-12-9-5-3-2-4-8(9)11(13)16-17-12/h2-5,7H,6H2,1H3,(H,14,17). The summed E-state index contributed by atoms with van der Waals surface area (Å²) in [6.07, 6.45) is 1.66. The van der Waals surface area contributed by atoms with Gasteiger partial charge in [-0.25, -0.2) is 4.98 Å². The summed E-state index contributed by atoms with van der Waals surface area (Å²) < 4.78 is 1.66. The second-order valence-corrected chi connectivity index (χ2v) is 4.43. The van der Waals surface area contributed by atoms with Crippen LogP contribution in [0.25, 0.3) is 10.8 Å². The Morgan fingerprint density at radius 2 is 2.00 bits per heavy atom. The first kappa shape index (κ1) is 11.9. The van der Waals surface area contributed by atoms with Gasteiger partial charge in [-0.05, 0) is 0 Å². The molecule has 2 heterocycles. The molecule has 0 aliphatic carbocycles. The third-order valence-corrected chi connectivity index (χ3v) is 2.98. The Labute approximate surface area is 114 Å². The van der Waals surface area contributed by atoms with Crippen LogP contribution in [-0.2, 0) is 13.6 Å². The van der Waals surface area contributed by atoms with E-state index in [-0.39, 0.29) is 0 Å². The van der Waals surface area contributed by atoms with Crippen molar-refractivity contribution in [3.05, 3.63) is 41.6 Å². The van der Waals surface area contributed by atoms with Crippen molar-refractivity contribution in [2.75, 3.05) is 5.32 Å². The van der Waals surface area contributed by atoms with Gasteiger partial charge in [0.05, 0.1) is 6.54 Å². The molecule has 0 saturated heterocycles. The highest BCUT2D eigenvalue weighted by molar-refractivity contribution is 6.34. The van der Waals surface area contributed by atoms with Crippen molar-refractivity contribution < 1.29 is 0 Å². The maximum Gasteiger partial charge on any atom is 0.169 e. The van der Waals surface area contributed by atoms with Gasteiger partial charge in [0.2, 0.25) is 0 Å². The Balaban J connectivity index is 1.91. The molecule has 0 spiro atoms. The summed E-state index contributed by atoms with van der Waals surface area (Å²) in [5.74, 6) is 1.37. The number of fused-ring (bicyclic) bond motifs is 1. The van der Waals surface area contributed by atoms with E-state index in [1.165, 1.54) is 0 Å². The number of hydrogen-bond acceptors (Lipinski definition) is 5. The minimum absolute atomic E-state index is 0.400. The molecule has 2 aromatic heterocycles. The van der Waals surface area contributed by atoms with Crippen LogP contribution < -0.4 is 5.32 Å². The summed E-state index contributed by atoms with van der Waals surface area (Å²) in [5.41, 5.74) is 0. The predicted octanol–water partition coefficient (Wildman–Crippen LogP) is 2.02. The van der Waals surface area contributed by atoms with Gasteiger partial charge < -0.3 is 5.32 Å². The third-order valence-electron chi connectivity index (χ3n) is 2.70. The van der Waals surface area contributed by atoms with E-state index in [9.17, 15) is 0 Å². The highest BCUT2D eigenvalue weighted by atomic mass is 35.5. The number of halogens is 1. The number of aryl methyl sites for hydroxylation is 1. The average Bonchev–Trinajstić information content (AvgIpc) is 2.84. The van der Waals surface area contributed by atoms with Crippen LogP contribution >= 0.6 is 11.6 Å². The molecule has 0 saturated carbocycles. The average molecular weight is 275 g/mol. The van der Waals surface area contributed by atoms with Gasteiger partial charge in [0.25, 0.3) is 0 Å². The van der Waals surface area contributed by atoms with E-state index in [0.29, 0.717) is 23.3 Å². The van der Waals surface area contributed by atoms with Crippen molar-refractivity contribution >= 4 is 28.2 Å². The van der Waals surface area contributed by atoms with Crippen LogP contribution in [0.3, 0.4) is 0 Å². The summed E-state index contributed by atoms with van der Waals surface area (Å²) in [7, 11) is 1.83. The van der Waals surface area contributed by atoms with Gasteiger partial charge in [0.15, 0.2) is 16.8 Å². The largest absolute Gasteiger partial charge is 0.361 e. The smallest absolute Gasteiger partial charge is 0.169 e. The van der Waals surface area contributed by atoms with Crippen molar-refractivity contribution in [1.82, 2.24) is 25.0 Å². The minimum atomic E-state index is 0.400. The van der Waals surface area contributed by atoms with E-state index >= 15 is 0 Å². The first-order chi connectivity index (χ1) is 9.24. The van der Waals surface area contributed by atoms with Gasteiger partial charge in [-0.15, -0.1) is 10.2 Å². The van der Waals surface area contributed by atoms with Gasteiger partial charge >= 0.3 is 0 Å². The predicted molar refractivity (Wildman–Crippen MR) is 72.9 cm³/mol. The monoisotopic (exact) mass is 274 g/mol. The first-order valence-electron chi connectivity index (χ1n) is 5.73. The SMILES string of the molecule is Cn1cnc(CNc2nnc(Cl)c3ccccc23)n1. The number of benzene rings is 1. The Hall–Kier alpha value is -2.21. The maximum absolute atomic E-state index is 6.02. The molecule has 0 aliphatic rings. The molecule has 1 N–H and O–H groups in total. The summed E-state index contributed by atoms with van der Waals surface area (Å²) in [5, 5.41) is 17.6. The second kappa shape index (κ2) is 4.81. The lowest BCUT2D eigenvalue weighted by molar-refractivity contribution is 0.746. The fourth-order valence-electron chi connectivity index (χ4n) is 1.83. The Bertz CT molecular complexity index is 723. The Kier molecular flexibility index (Phi) is 3.00. The van der Waals surface area contributed by atoms with Crippen LogP contribution in [0.15, 0.2) is 30.6 Å². The van der Waals surface area contributed by atoms with E-state index < -0.39 is 0 Å². The highest BCUT2D eigenvalue weighted by Gasteiger charge is 2.07. The molecule has 3 aromatic rings. The number of nitrogens with one attached hydrogen (secondary N) is 1. The third kappa shape index (κ3) is 2.34. The first-order valence-corrected chi connectivity index (χ1v) is 6.11. The number of rotatable bonds is 3. The molecular formula is C12H11ClN6. The van der Waals surface area contributed by atoms with Crippen molar-refractivity contribution in [3.8, 4) is 0 Å². The zero-order valence-electron chi connectivity index (χ0n) is 10.2. The number of aromatic nitrogens is 5. The molecule has 0 bridgehead atoms. The van der Waals surface area contributed by atoms with Crippen molar-refractivity contribution in [3.63, 3.8) is 0 Å². The van der Waals surface area contributed by atoms with E-state index in [1.807, 2.05) is 31.3 Å². The zero-order valence-corrected chi connectivity index (χ0v) is 11.0. The molecule has 3 rings (SSSR count). The molecule has 96 valence electrons. The van der Waals surface area contributed by atoms with E-state index in [1.54, 1.807) is 11.0 Å². The molecule has 7 heteroatoms. The molecule has 0 fully saturated rings. The molecule has 19 heavy (non-hydrogen) atoms. The molecule has 6 nitrogen and oxygen atoms in total. The molecule has 0 radical (unpaired) electrons. The quantitative estimate of drug-likeness (QED) is 0.791. The van der Waals surface area contributed by atoms with E-state index in [2.05, 4.69) is 25.6 Å². The highest BCUT2D eigenvalue weighted by Crippen LogP contribution is 2.25. The van der Waals surface area contributed by atoms with E-state index in [0.717, 1.165) is 10.8 Å². The normalized spacial score (nSPS) is 10.8. The summed E-state index contributed by atoms with van der Waals surface area (Å²) >= 11 is 6.02. The van der Waals surface area contributed by atoms with Gasteiger partial charge in [0.1, 0.15) is 6.33 Å². The molecule has 1 aromatic carbocycles. The summed E-state index contributed by atoms with van der Waals surface area (Å²) in [6, 6.07) is 7.71. The summed E-state index contributed by atoms with van der Waals surface area (Å²) in [4.78, 5) is 4.14. The van der Waals surface area contributed by atoms with Gasteiger partial charge in [0, 0.05) is 17.8 Å². The topological polar surface area (TPSA) is 68.5 Å². The van der Waals surface area contributed by atoms with Crippen LogP contribution in [0.5, 0.6) is 0 Å². The number of hydrogen-bond donors (Lipinski definition) is 1. The molecular weight excluding hydrogens is 264 g/mol. The minimum Gasteiger partial charge on any atom is -0.361 e. The Morgan fingerprint density at radius 1 is 1.21 bits per heavy atom.